The number of nitrogens with zero attached hydrogens (tertiary/aromatic N) is 1. The molecule has 2 nitrogen and oxygen atoms in total. The van der Waals surface area contributed by atoms with E-state index in [1.807, 2.05) is 6.92 Å². The van der Waals surface area contributed by atoms with Gasteiger partial charge in [-0.05, 0) is 43.7 Å². The Labute approximate surface area is 127 Å². The van der Waals surface area contributed by atoms with Gasteiger partial charge in [-0.25, -0.2) is 4.98 Å². The summed E-state index contributed by atoms with van der Waals surface area (Å²) in [5, 5.41) is 6.87. The van der Waals surface area contributed by atoms with Gasteiger partial charge in [0.15, 0.2) is 0 Å². The minimum absolute atomic E-state index is 0.326. The number of nitrogens with one attached hydrogen (secondary N) is 1. The lowest BCUT2D eigenvalue weighted by Crippen LogP contribution is -2.23. The molecular weight excluding hydrogens is 320 g/mol. The first-order chi connectivity index (χ1) is 9.08. The van der Waals surface area contributed by atoms with Crippen molar-refractivity contribution in [2.24, 2.45) is 0 Å². The van der Waals surface area contributed by atoms with Gasteiger partial charge in [0.2, 0.25) is 0 Å². The second kappa shape index (κ2) is 6.64. The molecule has 0 spiro atoms. The summed E-state index contributed by atoms with van der Waals surface area (Å²) in [7, 11) is 0. The Hall–Kier alpha value is -0.710. The Balaban J connectivity index is 2.23. The molecule has 0 aliphatic rings. The van der Waals surface area contributed by atoms with Gasteiger partial charge in [0.1, 0.15) is 0 Å². The maximum absolute atomic E-state index is 4.57. The molecule has 19 heavy (non-hydrogen) atoms. The zero-order chi connectivity index (χ0) is 13.8. The van der Waals surface area contributed by atoms with Crippen LogP contribution in [-0.2, 0) is 6.42 Å². The fourth-order valence-corrected chi connectivity index (χ4v) is 3.64. The number of thiazole rings is 1. The predicted octanol–water partition coefficient (Wildman–Crippen LogP) is 4.42. The SMILES string of the molecule is CCNC(Cc1nc(C)cs1)c1cc(C)cc(Br)c1. The highest BCUT2D eigenvalue weighted by atomic mass is 79.9. The van der Waals surface area contributed by atoms with Gasteiger partial charge in [-0.1, -0.05) is 28.9 Å². The van der Waals surface area contributed by atoms with Gasteiger partial charge < -0.3 is 5.32 Å². The molecule has 1 atom stereocenters. The van der Waals surface area contributed by atoms with E-state index in [1.54, 1.807) is 11.3 Å². The molecule has 1 unspecified atom stereocenters. The average Bonchev–Trinajstić information content (AvgIpc) is 2.73. The van der Waals surface area contributed by atoms with E-state index in [9.17, 15) is 0 Å². The molecule has 2 rings (SSSR count). The number of aryl methyl sites for hydroxylation is 2. The molecule has 0 aliphatic carbocycles. The van der Waals surface area contributed by atoms with Crippen molar-refractivity contribution >= 4 is 27.3 Å². The molecular formula is C15H19BrN2S. The fourth-order valence-electron chi connectivity index (χ4n) is 2.19. The second-order valence-corrected chi connectivity index (χ2v) is 6.62. The summed E-state index contributed by atoms with van der Waals surface area (Å²) in [5.74, 6) is 0. The highest BCUT2D eigenvalue weighted by molar-refractivity contribution is 9.10. The van der Waals surface area contributed by atoms with E-state index in [4.69, 9.17) is 0 Å². The molecule has 0 saturated heterocycles. The third kappa shape index (κ3) is 4.13. The van der Waals surface area contributed by atoms with Crippen LogP contribution >= 0.6 is 27.3 Å². The largest absolute Gasteiger partial charge is 0.310 e. The Bertz CT molecular complexity index is 531. The van der Waals surface area contributed by atoms with Gasteiger partial charge >= 0.3 is 0 Å². The Morgan fingerprint density at radius 3 is 2.68 bits per heavy atom. The number of likely N-dealkylation sites (N-methyl/N-ethyl adjacent to an activating group) is 1. The first kappa shape index (κ1) is 14.7. The van der Waals surface area contributed by atoms with Gasteiger partial charge in [0, 0.05) is 28.0 Å². The van der Waals surface area contributed by atoms with Crippen LogP contribution in [0.15, 0.2) is 28.1 Å². The van der Waals surface area contributed by atoms with E-state index >= 15 is 0 Å². The van der Waals surface area contributed by atoms with Crippen molar-refractivity contribution in [3.8, 4) is 0 Å². The summed E-state index contributed by atoms with van der Waals surface area (Å²) in [4.78, 5) is 4.57. The predicted molar refractivity (Wildman–Crippen MR) is 85.9 cm³/mol. The van der Waals surface area contributed by atoms with Crippen LogP contribution in [0.1, 0.15) is 34.8 Å². The Morgan fingerprint density at radius 2 is 2.11 bits per heavy atom. The van der Waals surface area contributed by atoms with E-state index in [0.29, 0.717) is 6.04 Å². The molecule has 2 aromatic rings. The van der Waals surface area contributed by atoms with E-state index in [0.717, 1.165) is 23.1 Å². The van der Waals surface area contributed by atoms with Crippen molar-refractivity contribution in [1.82, 2.24) is 10.3 Å². The molecule has 0 bridgehead atoms. The van der Waals surface area contributed by atoms with Gasteiger partial charge in [-0.2, -0.15) is 0 Å². The monoisotopic (exact) mass is 338 g/mol. The summed E-state index contributed by atoms with van der Waals surface area (Å²) in [6.07, 6.45) is 0.947. The van der Waals surface area contributed by atoms with E-state index in [1.165, 1.54) is 16.1 Å². The highest BCUT2D eigenvalue weighted by Crippen LogP contribution is 2.24. The standard InChI is InChI=1S/C15H19BrN2S/c1-4-17-14(8-15-18-11(3)9-19-15)12-5-10(2)6-13(16)7-12/h5-7,9,14,17H,4,8H2,1-3H3. The van der Waals surface area contributed by atoms with Gasteiger partial charge in [-0.15, -0.1) is 11.3 Å². The van der Waals surface area contributed by atoms with Crippen molar-refractivity contribution in [3.63, 3.8) is 0 Å². The van der Waals surface area contributed by atoms with Crippen molar-refractivity contribution in [2.75, 3.05) is 6.54 Å². The normalized spacial score (nSPS) is 12.6. The lowest BCUT2D eigenvalue weighted by molar-refractivity contribution is 0.548. The number of benzene rings is 1. The van der Waals surface area contributed by atoms with E-state index in [2.05, 4.69) is 63.7 Å². The van der Waals surface area contributed by atoms with Gasteiger partial charge in [0.05, 0.1) is 5.01 Å². The van der Waals surface area contributed by atoms with Crippen LogP contribution in [0.4, 0.5) is 0 Å². The first-order valence-corrected chi connectivity index (χ1v) is 8.17. The van der Waals surface area contributed by atoms with Crippen LogP contribution in [0.2, 0.25) is 0 Å². The number of halogens is 1. The lowest BCUT2D eigenvalue weighted by atomic mass is 10.0. The van der Waals surface area contributed by atoms with Gasteiger partial charge in [-0.3, -0.25) is 0 Å². The zero-order valence-corrected chi connectivity index (χ0v) is 13.9. The molecule has 0 fully saturated rings. The topological polar surface area (TPSA) is 24.9 Å². The van der Waals surface area contributed by atoms with Crippen LogP contribution in [-0.4, -0.2) is 11.5 Å². The molecule has 1 aromatic carbocycles. The van der Waals surface area contributed by atoms with E-state index < -0.39 is 0 Å². The zero-order valence-electron chi connectivity index (χ0n) is 11.5. The molecule has 0 aliphatic heterocycles. The van der Waals surface area contributed by atoms with Crippen LogP contribution in [0.25, 0.3) is 0 Å². The molecule has 0 saturated carbocycles. The maximum Gasteiger partial charge on any atom is 0.0947 e. The third-order valence-electron chi connectivity index (χ3n) is 2.96. The molecule has 1 heterocycles. The maximum atomic E-state index is 4.57. The smallest absolute Gasteiger partial charge is 0.0947 e. The molecule has 0 radical (unpaired) electrons. The molecule has 1 N–H and O–H groups in total. The van der Waals surface area contributed by atoms with Gasteiger partial charge in [0.25, 0.3) is 0 Å². The summed E-state index contributed by atoms with van der Waals surface area (Å²) >= 11 is 5.33. The van der Waals surface area contributed by atoms with Crippen molar-refractivity contribution in [2.45, 2.75) is 33.2 Å². The first-order valence-electron chi connectivity index (χ1n) is 6.50. The van der Waals surface area contributed by atoms with Crippen LogP contribution in [0, 0.1) is 13.8 Å². The minimum Gasteiger partial charge on any atom is -0.310 e. The number of rotatable bonds is 5. The molecule has 102 valence electrons. The quantitative estimate of drug-likeness (QED) is 0.872. The third-order valence-corrected chi connectivity index (χ3v) is 4.41. The van der Waals surface area contributed by atoms with Crippen LogP contribution < -0.4 is 5.32 Å². The summed E-state index contributed by atoms with van der Waals surface area (Å²) in [5.41, 5.74) is 3.71. The summed E-state index contributed by atoms with van der Waals surface area (Å²) < 4.78 is 1.14. The molecule has 1 aromatic heterocycles. The average molecular weight is 339 g/mol. The number of hydrogen-bond donors (Lipinski definition) is 1. The van der Waals surface area contributed by atoms with Crippen molar-refractivity contribution < 1.29 is 0 Å². The number of hydrogen-bond acceptors (Lipinski definition) is 3. The highest BCUT2D eigenvalue weighted by Gasteiger charge is 2.14. The van der Waals surface area contributed by atoms with Crippen LogP contribution in [0.5, 0.6) is 0 Å². The molecule has 0 amide bonds. The van der Waals surface area contributed by atoms with Crippen molar-refractivity contribution in [3.05, 3.63) is 49.9 Å². The number of aromatic nitrogens is 1. The Kier molecular flexibility index (Phi) is 5.13. The second-order valence-electron chi connectivity index (χ2n) is 4.76. The minimum atomic E-state index is 0.326. The summed E-state index contributed by atoms with van der Waals surface area (Å²) in [6.45, 7) is 7.28. The Morgan fingerprint density at radius 1 is 1.32 bits per heavy atom. The van der Waals surface area contributed by atoms with E-state index in [-0.39, 0.29) is 0 Å². The summed E-state index contributed by atoms with van der Waals surface area (Å²) in [6, 6.07) is 6.91. The van der Waals surface area contributed by atoms with Crippen LogP contribution in [0.3, 0.4) is 0 Å². The fraction of sp³-hybridized carbons (Fsp3) is 0.400. The van der Waals surface area contributed by atoms with Crippen molar-refractivity contribution in [1.29, 1.82) is 0 Å². The molecule has 4 heteroatoms. The lowest BCUT2D eigenvalue weighted by Gasteiger charge is -2.18.